The van der Waals surface area contributed by atoms with Gasteiger partial charge in [0.1, 0.15) is 0 Å². The summed E-state index contributed by atoms with van der Waals surface area (Å²) in [7, 11) is 0. The van der Waals surface area contributed by atoms with Gasteiger partial charge in [-0.25, -0.2) is 0 Å². The molecule has 1 unspecified atom stereocenters. The van der Waals surface area contributed by atoms with E-state index in [0.717, 1.165) is 20.9 Å². The Kier molecular flexibility index (Phi) is 4.68. The van der Waals surface area contributed by atoms with Crippen molar-refractivity contribution in [3.05, 3.63) is 80.7 Å². The van der Waals surface area contributed by atoms with Gasteiger partial charge in [0.25, 0.3) is 0 Å². The number of fused-ring (bicyclic) bond motifs is 1. The quantitative estimate of drug-likeness (QED) is 0.402. The summed E-state index contributed by atoms with van der Waals surface area (Å²) < 4.78 is 2.09. The summed E-state index contributed by atoms with van der Waals surface area (Å²) in [6.45, 7) is 0. The maximum atomic E-state index is 6.65. The van der Waals surface area contributed by atoms with E-state index in [2.05, 4.69) is 80.4 Å². The molecule has 0 aromatic heterocycles. The van der Waals surface area contributed by atoms with Crippen LogP contribution in [0.5, 0.6) is 0 Å². The molecule has 0 radical (unpaired) electrons. The van der Waals surface area contributed by atoms with Gasteiger partial charge in [-0.1, -0.05) is 80.4 Å². The van der Waals surface area contributed by atoms with Crippen molar-refractivity contribution in [3.8, 4) is 0 Å². The molecule has 0 spiro atoms. The van der Waals surface area contributed by atoms with Gasteiger partial charge in [0.2, 0.25) is 0 Å². The lowest BCUT2D eigenvalue weighted by Gasteiger charge is -2.14. The maximum Gasteiger partial charge on any atom is 0.0636 e. The Hall–Kier alpha value is -0.830. The van der Waals surface area contributed by atoms with E-state index in [1.807, 2.05) is 12.1 Å². The lowest BCUT2D eigenvalue weighted by Crippen LogP contribution is -1.98. The number of hydrogen-bond donors (Lipinski definition) is 0. The van der Waals surface area contributed by atoms with Crippen LogP contribution in [0, 0.1) is 0 Å². The zero-order valence-electron chi connectivity index (χ0n) is 11.2. The molecule has 0 saturated carbocycles. The zero-order valence-corrected chi connectivity index (χ0v) is 15.1. The standard InChI is InChI=1S/C18H13Br2Cl/c19-14-8-9-16(17(20)11-14)18(21)10-13-6-3-5-12-4-1-2-7-15(12)13/h1-9,11,18H,10H2. The van der Waals surface area contributed by atoms with Gasteiger partial charge in [-0.15, -0.1) is 11.6 Å². The van der Waals surface area contributed by atoms with E-state index < -0.39 is 0 Å². The summed E-state index contributed by atoms with van der Waals surface area (Å²) >= 11 is 13.7. The third-order valence-corrected chi connectivity index (χ3v) is 5.15. The second kappa shape index (κ2) is 6.51. The largest absolute Gasteiger partial charge is 0.117 e. The summed E-state index contributed by atoms with van der Waals surface area (Å²) in [4.78, 5) is 0. The van der Waals surface area contributed by atoms with Crippen LogP contribution in [0.1, 0.15) is 16.5 Å². The molecule has 3 aromatic rings. The molecule has 0 saturated heterocycles. The first kappa shape index (κ1) is 15.1. The minimum atomic E-state index is -0.0571. The summed E-state index contributed by atoms with van der Waals surface area (Å²) in [5, 5.41) is 2.48. The van der Waals surface area contributed by atoms with Gasteiger partial charge in [-0.2, -0.15) is 0 Å². The average molecular weight is 425 g/mol. The van der Waals surface area contributed by atoms with Gasteiger partial charge in [0.15, 0.2) is 0 Å². The minimum Gasteiger partial charge on any atom is -0.117 e. The lowest BCUT2D eigenvalue weighted by molar-refractivity contribution is 0.921. The highest BCUT2D eigenvalue weighted by atomic mass is 79.9. The Morgan fingerprint density at radius 3 is 2.48 bits per heavy atom. The molecule has 0 amide bonds. The molecule has 1 atom stereocenters. The van der Waals surface area contributed by atoms with E-state index in [0.29, 0.717) is 0 Å². The van der Waals surface area contributed by atoms with Crippen LogP contribution >= 0.6 is 43.5 Å². The van der Waals surface area contributed by atoms with Crippen molar-refractivity contribution < 1.29 is 0 Å². The first-order chi connectivity index (χ1) is 10.1. The van der Waals surface area contributed by atoms with Crippen LogP contribution in [0.15, 0.2) is 69.6 Å². The van der Waals surface area contributed by atoms with Crippen molar-refractivity contribution in [2.45, 2.75) is 11.8 Å². The fraction of sp³-hybridized carbons (Fsp3) is 0.111. The Bertz CT molecular complexity index is 778. The highest BCUT2D eigenvalue weighted by Gasteiger charge is 2.14. The smallest absolute Gasteiger partial charge is 0.0636 e. The Morgan fingerprint density at radius 1 is 0.905 bits per heavy atom. The second-order valence-electron chi connectivity index (χ2n) is 4.98. The molecule has 0 heterocycles. The molecule has 21 heavy (non-hydrogen) atoms. The minimum absolute atomic E-state index is 0.0571. The van der Waals surface area contributed by atoms with E-state index in [-0.39, 0.29) is 5.38 Å². The third kappa shape index (κ3) is 3.33. The van der Waals surface area contributed by atoms with E-state index in [1.54, 1.807) is 0 Å². The molecule has 0 aliphatic carbocycles. The maximum absolute atomic E-state index is 6.65. The Balaban J connectivity index is 1.94. The number of benzene rings is 3. The van der Waals surface area contributed by atoms with E-state index in [9.17, 15) is 0 Å². The highest BCUT2D eigenvalue weighted by molar-refractivity contribution is 9.11. The Labute approximate surface area is 146 Å². The SMILES string of the molecule is ClC(Cc1cccc2ccccc12)c1ccc(Br)cc1Br. The summed E-state index contributed by atoms with van der Waals surface area (Å²) in [5.74, 6) is 0. The topological polar surface area (TPSA) is 0 Å². The van der Waals surface area contributed by atoms with Crippen molar-refractivity contribution in [2.24, 2.45) is 0 Å². The van der Waals surface area contributed by atoms with Crippen LogP contribution in [0.3, 0.4) is 0 Å². The zero-order chi connectivity index (χ0) is 14.8. The lowest BCUT2D eigenvalue weighted by atomic mass is 9.98. The molecule has 0 aliphatic rings. The fourth-order valence-corrected chi connectivity index (χ4v) is 4.34. The molecule has 0 N–H and O–H groups in total. The first-order valence-corrected chi connectivity index (χ1v) is 8.73. The van der Waals surface area contributed by atoms with Crippen LogP contribution in [-0.2, 0) is 6.42 Å². The molecular weight excluding hydrogens is 411 g/mol. The number of hydrogen-bond acceptors (Lipinski definition) is 0. The summed E-state index contributed by atoms with van der Waals surface area (Å²) in [6.07, 6.45) is 0.809. The molecule has 3 rings (SSSR count). The van der Waals surface area contributed by atoms with Crippen molar-refractivity contribution in [3.63, 3.8) is 0 Å². The number of alkyl halides is 1. The van der Waals surface area contributed by atoms with Gasteiger partial charge in [0.05, 0.1) is 5.38 Å². The van der Waals surface area contributed by atoms with Crippen molar-refractivity contribution in [2.75, 3.05) is 0 Å². The van der Waals surface area contributed by atoms with Crippen LogP contribution in [0.25, 0.3) is 10.8 Å². The monoisotopic (exact) mass is 422 g/mol. The molecule has 3 aromatic carbocycles. The summed E-state index contributed by atoms with van der Waals surface area (Å²) in [6, 6.07) is 21.0. The van der Waals surface area contributed by atoms with E-state index in [4.69, 9.17) is 11.6 Å². The van der Waals surface area contributed by atoms with Gasteiger partial charge >= 0.3 is 0 Å². The van der Waals surface area contributed by atoms with Gasteiger partial charge in [-0.3, -0.25) is 0 Å². The molecule has 3 heteroatoms. The van der Waals surface area contributed by atoms with Crippen molar-refractivity contribution in [1.29, 1.82) is 0 Å². The molecule has 106 valence electrons. The molecular formula is C18H13Br2Cl. The molecule has 0 fully saturated rings. The van der Waals surface area contributed by atoms with Crippen LogP contribution in [0.4, 0.5) is 0 Å². The normalized spacial score (nSPS) is 12.5. The Morgan fingerprint density at radius 2 is 1.67 bits per heavy atom. The predicted octanol–water partition coefficient (Wildman–Crippen LogP) is 6.89. The first-order valence-electron chi connectivity index (χ1n) is 6.71. The van der Waals surface area contributed by atoms with Gasteiger partial charge in [0, 0.05) is 8.95 Å². The molecule has 0 aliphatic heterocycles. The van der Waals surface area contributed by atoms with Gasteiger partial charge < -0.3 is 0 Å². The number of rotatable bonds is 3. The van der Waals surface area contributed by atoms with E-state index >= 15 is 0 Å². The van der Waals surface area contributed by atoms with Crippen LogP contribution < -0.4 is 0 Å². The third-order valence-electron chi connectivity index (χ3n) is 3.58. The van der Waals surface area contributed by atoms with Gasteiger partial charge in [-0.05, 0) is 40.5 Å². The predicted molar refractivity (Wildman–Crippen MR) is 98.1 cm³/mol. The van der Waals surface area contributed by atoms with E-state index in [1.165, 1.54) is 16.3 Å². The summed E-state index contributed by atoms with van der Waals surface area (Å²) in [5.41, 5.74) is 2.40. The molecule has 0 nitrogen and oxygen atoms in total. The van der Waals surface area contributed by atoms with Crippen molar-refractivity contribution in [1.82, 2.24) is 0 Å². The van der Waals surface area contributed by atoms with Crippen LogP contribution in [0.2, 0.25) is 0 Å². The second-order valence-corrected chi connectivity index (χ2v) is 7.27. The fourth-order valence-electron chi connectivity index (χ4n) is 2.53. The van der Waals surface area contributed by atoms with Crippen molar-refractivity contribution >= 4 is 54.2 Å². The average Bonchev–Trinajstić information content (AvgIpc) is 2.47. The van der Waals surface area contributed by atoms with Crippen LogP contribution in [-0.4, -0.2) is 0 Å². The molecule has 0 bridgehead atoms. The number of halogens is 3. The highest BCUT2D eigenvalue weighted by Crippen LogP contribution is 2.34.